The van der Waals surface area contributed by atoms with E-state index in [0.29, 0.717) is 0 Å². The first-order chi connectivity index (χ1) is 8.11. The van der Waals surface area contributed by atoms with Gasteiger partial charge in [-0.1, -0.05) is 31.2 Å². The van der Waals surface area contributed by atoms with Crippen LogP contribution in [0.2, 0.25) is 0 Å². The van der Waals surface area contributed by atoms with Gasteiger partial charge >= 0.3 is 29.6 Å². The number of carboxylic acid groups (broad SMARTS) is 1. The molecule has 2 aromatic carbocycles. The van der Waals surface area contributed by atoms with Crippen LogP contribution >= 0.6 is 0 Å². The largest absolute Gasteiger partial charge is 1.00 e. The molecule has 0 fully saturated rings. The van der Waals surface area contributed by atoms with E-state index in [4.69, 9.17) is 4.74 Å². The number of carboxylic acids is 1. The van der Waals surface area contributed by atoms with Gasteiger partial charge in [0, 0.05) is 11.9 Å². The minimum absolute atomic E-state index is 0. The van der Waals surface area contributed by atoms with Crippen molar-refractivity contribution in [3.8, 4) is 5.75 Å². The quantitative estimate of drug-likeness (QED) is 0.517. The van der Waals surface area contributed by atoms with Crippen molar-refractivity contribution in [3.63, 3.8) is 0 Å². The van der Waals surface area contributed by atoms with Crippen LogP contribution in [0.1, 0.15) is 18.4 Å². The van der Waals surface area contributed by atoms with Crippen molar-refractivity contribution in [2.24, 2.45) is 0 Å². The van der Waals surface area contributed by atoms with Crippen molar-refractivity contribution in [2.75, 3.05) is 7.11 Å². The maximum atomic E-state index is 10.8. The predicted molar refractivity (Wildman–Crippen MR) is 78.4 cm³/mol. The Morgan fingerprint density at radius 2 is 1.50 bits per heavy atom. The Kier molecular flexibility index (Phi) is 16.2. The Hall–Kier alpha value is -1.19. The van der Waals surface area contributed by atoms with Crippen molar-refractivity contribution >= 4 is 16.7 Å². The molecule has 0 heterocycles. The zero-order chi connectivity index (χ0) is 12.4. The Balaban J connectivity index is -0.000000324. The van der Waals surface area contributed by atoms with Crippen LogP contribution in [-0.2, 0) is 4.79 Å². The standard InChI is InChI=1S/C14H14O3.Na.4H2O/c1-9(14(15)16)10-3-4-12-8-13(17-2)6-5-11(12)7-10;;;;;/h3-9H,1-2H3,(H,15,16);;4*1H2/q;+1;;;;/p-1. The van der Waals surface area contributed by atoms with Crippen molar-refractivity contribution in [1.29, 1.82) is 0 Å². The van der Waals surface area contributed by atoms with Gasteiger partial charge in [0.05, 0.1) is 7.11 Å². The first kappa shape index (κ1) is 28.9. The number of carbonyl (C=O) groups excluding carboxylic acids is 1. The molecule has 1 atom stereocenters. The summed E-state index contributed by atoms with van der Waals surface area (Å²) in [5.74, 6) is -0.863. The molecule has 0 aliphatic rings. The fourth-order valence-corrected chi connectivity index (χ4v) is 1.77. The van der Waals surface area contributed by atoms with Crippen LogP contribution in [-0.4, -0.2) is 35.0 Å². The molecule has 7 nitrogen and oxygen atoms in total. The monoisotopic (exact) mass is 324 g/mol. The summed E-state index contributed by atoms with van der Waals surface area (Å²) in [7, 11) is 1.62. The number of ether oxygens (including phenoxy) is 1. The number of fused-ring (bicyclic) bond motifs is 1. The van der Waals surface area contributed by atoms with E-state index in [2.05, 4.69) is 0 Å². The van der Waals surface area contributed by atoms with Crippen molar-refractivity contribution in [1.82, 2.24) is 0 Å². The van der Waals surface area contributed by atoms with Gasteiger partial charge in [0.2, 0.25) is 0 Å². The zero-order valence-corrected chi connectivity index (χ0v) is 14.8. The molecule has 120 valence electrons. The minimum Gasteiger partial charge on any atom is -0.550 e. The Bertz CT molecular complexity index is 574. The van der Waals surface area contributed by atoms with Gasteiger partial charge in [-0.2, -0.15) is 0 Å². The van der Waals surface area contributed by atoms with Gasteiger partial charge in [-0.15, -0.1) is 0 Å². The molecule has 2 aromatic rings. The molecule has 0 saturated heterocycles. The minimum atomic E-state index is -1.06. The summed E-state index contributed by atoms with van der Waals surface area (Å²) in [5.41, 5.74) is 0.752. The second-order valence-corrected chi connectivity index (χ2v) is 4.01. The van der Waals surface area contributed by atoms with Crippen LogP contribution in [0.25, 0.3) is 10.8 Å². The van der Waals surface area contributed by atoms with Gasteiger partial charge in [-0.05, 0) is 28.5 Å². The molecule has 0 amide bonds. The summed E-state index contributed by atoms with van der Waals surface area (Å²) < 4.78 is 5.13. The third-order valence-electron chi connectivity index (χ3n) is 2.93. The summed E-state index contributed by atoms with van der Waals surface area (Å²) in [5, 5.41) is 12.8. The summed E-state index contributed by atoms with van der Waals surface area (Å²) in [6.45, 7) is 1.63. The van der Waals surface area contributed by atoms with Crippen LogP contribution in [0.4, 0.5) is 0 Å². The molecule has 2 rings (SSSR count). The molecule has 0 saturated carbocycles. The van der Waals surface area contributed by atoms with Crippen LogP contribution in [0.15, 0.2) is 36.4 Å². The third kappa shape index (κ3) is 6.29. The van der Waals surface area contributed by atoms with E-state index >= 15 is 0 Å². The molecule has 0 aliphatic heterocycles. The van der Waals surface area contributed by atoms with Gasteiger partial charge in [0.25, 0.3) is 0 Å². The number of carbonyl (C=O) groups is 1. The topological polar surface area (TPSA) is 175 Å². The summed E-state index contributed by atoms with van der Waals surface area (Å²) in [6, 6.07) is 11.3. The number of aliphatic carboxylic acids is 1. The summed E-state index contributed by atoms with van der Waals surface area (Å²) >= 11 is 0. The molecule has 8 heteroatoms. The van der Waals surface area contributed by atoms with Crippen molar-refractivity contribution < 1.29 is 66.1 Å². The molecule has 1 unspecified atom stereocenters. The Morgan fingerprint density at radius 1 is 1.00 bits per heavy atom. The van der Waals surface area contributed by atoms with E-state index < -0.39 is 11.9 Å². The molecule has 0 radical (unpaired) electrons. The number of hydrogen-bond donors (Lipinski definition) is 0. The fraction of sp³-hybridized carbons (Fsp3) is 0.214. The van der Waals surface area contributed by atoms with E-state index in [-0.39, 0.29) is 51.5 Å². The molecule has 0 bridgehead atoms. The smallest absolute Gasteiger partial charge is 0.550 e. The average Bonchev–Trinajstić information content (AvgIpc) is 2.36. The molecular weight excluding hydrogens is 303 g/mol. The first-order valence-electron chi connectivity index (χ1n) is 5.40. The Labute approximate surface area is 150 Å². The maximum Gasteiger partial charge on any atom is 1.00 e. The SMILES string of the molecule is COc1ccc2cc(C(C)C(=O)[O-])ccc2c1.O.O.O.O.[Na+]. The molecule has 0 aromatic heterocycles. The summed E-state index contributed by atoms with van der Waals surface area (Å²) in [6.07, 6.45) is 0. The number of hydrogen-bond acceptors (Lipinski definition) is 3. The number of methoxy groups -OCH3 is 1. The Morgan fingerprint density at radius 3 is 2.00 bits per heavy atom. The van der Waals surface area contributed by atoms with Crippen LogP contribution in [0.3, 0.4) is 0 Å². The van der Waals surface area contributed by atoms with Crippen molar-refractivity contribution in [3.05, 3.63) is 42.0 Å². The number of rotatable bonds is 3. The first-order valence-corrected chi connectivity index (χ1v) is 5.40. The molecule has 22 heavy (non-hydrogen) atoms. The van der Waals surface area contributed by atoms with Gasteiger partial charge in [0.15, 0.2) is 0 Å². The van der Waals surface area contributed by atoms with E-state index in [1.54, 1.807) is 14.0 Å². The fourth-order valence-electron chi connectivity index (χ4n) is 1.77. The molecule has 8 N–H and O–H groups in total. The van der Waals surface area contributed by atoms with Crippen LogP contribution < -0.4 is 39.4 Å². The van der Waals surface area contributed by atoms with Crippen LogP contribution in [0.5, 0.6) is 5.75 Å². The normalized spacial score (nSPS) is 9.55. The summed E-state index contributed by atoms with van der Waals surface area (Å²) in [4.78, 5) is 10.8. The van der Waals surface area contributed by atoms with Gasteiger partial charge in [0.1, 0.15) is 5.75 Å². The van der Waals surface area contributed by atoms with Crippen molar-refractivity contribution in [2.45, 2.75) is 12.8 Å². The van der Waals surface area contributed by atoms with E-state index in [1.165, 1.54) is 0 Å². The molecule has 0 aliphatic carbocycles. The zero-order valence-electron chi connectivity index (χ0n) is 12.8. The van der Waals surface area contributed by atoms with E-state index in [1.807, 2.05) is 36.4 Å². The molecular formula is C14H21NaO7. The predicted octanol–water partition coefficient (Wildman–Crippen LogP) is -4.59. The van der Waals surface area contributed by atoms with Gasteiger partial charge in [-0.3, -0.25) is 0 Å². The van der Waals surface area contributed by atoms with E-state index in [9.17, 15) is 9.90 Å². The third-order valence-corrected chi connectivity index (χ3v) is 2.93. The van der Waals surface area contributed by atoms with Crippen LogP contribution in [0, 0.1) is 0 Å². The second kappa shape index (κ2) is 12.4. The second-order valence-electron chi connectivity index (χ2n) is 4.01. The average molecular weight is 324 g/mol. The van der Waals surface area contributed by atoms with Gasteiger partial charge in [-0.25, -0.2) is 0 Å². The molecule has 0 spiro atoms. The van der Waals surface area contributed by atoms with E-state index in [0.717, 1.165) is 22.1 Å². The number of benzene rings is 2. The van der Waals surface area contributed by atoms with Gasteiger partial charge < -0.3 is 36.5 Å². The maximum absolute atomic E-state index is 10.8.